The summed E-state index contributed by atoms with van der Waals surface area (Å²) in [4.78, 5) is 32.8. The molecular formula is C26H25N3O4. The molecule has 1 aromatic heterocycles. The molecule has 3 atom stereocenters. The van der Waals surface area contributed by atoms with E-state index in [-0.39, 0.29) is 37.5 Å². The maximum atomic E-state index is 13.7. The number of hydrogen-bond donors (Lipinski definition) is 1. The lowest BCUT2D eigenvalue weighted by Gasteiger charge is -2.38. The van der Waals surface area contributed by atoms with Gasteiger partial charge in [0.05, 0.1) is 24.7 Å². The molecule has 0 saturated carbocycles. The van der Waals surface area contributed by atoms with Crippen LogP contribution in [0.3, 0.4) is 0 Å². The molecule has 0 saturated heterocycles. The van der Waals surface area contributed by atoms with E-state index in [0.717, 1.165) is 28.1 Å². The van der Waals surface area contributed by atoms with Crippen molar-refractivity contribution >= 4 is 11.8 Å². The van der Waals surface area contributed by atoms with E-state index in [2.05, 4.69) is 10.3 Å². The summed E-state index contributed by atoms with van der Waals surface area (Å²) in [6, 6.07) is 19.7. The Labute approximate surface area is 192 Å². The van der Waals surface area contributed by atoms with Gasteiger partial charge in [0.1, 0.15) is 24.5 Å². The van der Waals surface area contributed by atoms with Crippen LogP contribution in [0, 0.1) is 0 Å². The molecule has 2 aliphatic heterocycles. The van der Waals surface area contributed by atoms with Crippen LogP contribution >= 0.6 is 0 Å². The van der Waals surface area contributed by atoms with E-state index in [4.69, 9.17) is 9.47 Å². The second-order valence-electron chi connectivity index (χ2n) is 8.24. The zero-order valence-corrected chi connectivity index (χ0v) is 18.3. The molecule has 3 heterocycles. The number of nitrogens with zero attached hydrogens (tertiary/aromatic N) is 2. The van der Waals surface area contributed by atoms with Crippen molar-refractivity contribution in [2.75, 3.05) is 13.7 Å². The van der Waals surface area contributed by atoms with Crippen LogP contribution in [0.25, 0.3) is 0 Å². The van der Waals surface area contributed by atoms with E-state index in [1.807, 2.05) is 66.7 Å². The van der Waals surface area contributed by atoms with Gasteiger partial charge in [-0.15, -0.1) is 0 Å². The van der Waals surface area contributed by atoms with E-state index in [9.17, 15) is 9.59 Å². The summed E-state index contributed by atoms with van der Waals surface area (Å²) in [5.41, 5.74) is 3.32. The maximum Gasteiger partial charge on any atom is 0.247 e. The second kappa shape index (κ2) is 9.03. The zero-order chi connectivity index (χ0) is 22.8. The van der Waals surface area contributed by atoms with Crippen molar-refractivity contribution in [2.45, 2.75) is 31.2 Å². The third-order valence-electron chi connectivity index (χ3n) is 6.22. The number of fused-ring (bicyclic) bond motifs is 2. The third kappa shape index (κ3) is 4.07. The number of hydrogen-bond acceptors (Lipinski definition) is 5. The lowest BCUT2D eigenvalue weighted by atomic mass is 9.90. The van der Waals surface area contributed by atoms with Gasteiger partial charge in [-0.05, 0) is 29.3 Å². The summed E-state index contributed by atoms with van der Waals surface area (Å²) >= 11 is 0. The van der Waals surface area contributed by atoms with Gasteiger partial charge in [-0.2, -0.15) is 0 Å². The van der Waals surface area contributed by atoms with Crippen molar-refractivity contribution in [1.29, 1.82) is 0 Å². The summed E-state index contributed by atoms with van der Waals surface area (Å²) in [5.74, 6) is 0.388. The highest BCUT2D eigenvalue weighted by Crippen LogP contribution is 2.36. The Bertz CT molecular complexity index is 1170. The Morgan fingerprint density at radius 3 is 2.64 bits per heavy atom. The van der Waals surface area contributed by atoms with Gasteiger partial charge >= 0.3 is 0 Å². The van der Waals surface area contributed by atoms with Crippen LogP contribution in [0.4, 0.5) is 0 Å². The number of nitrogens with one attached hydrogen (secondary N) is 1. The number of ether oxygens (including phenoxy) is 2. The fraction of sp³-hybridized carbons (Fsp3) is 0.269. The first kappa shape index (κ1) is 21.2. The number of amides is 2. The number of para-hydroxylation sites is 1. The predicted molar refractivity (Wildman–Crippen MR) is 121 cm³/mol. The minimum Gasteiger partial charge on any atom is -0.491 e. The topological polar surface area (TPSA) is 80.8 Å². The molecule has 168 valence electrons. The van der Waals surface area contributed by atoms with Crippen molar-refractivity contribution in [2.24, 2.45) is 0 Å². The molecule has 33 heavy (non-hydrogen) atoms. The van der Waals surface area contributed by atoms with Crippen LogP contribution < -0.4 is 10.1 Å². The molecule has 5 rings (SSSR count). The van der Waals surface area contributed by atoms with Gasteiger partial charge in [-0.1, -0.05) is 48.5 Å². The van der Waals surface area contributed by atoms with Gasteiger partial charge in [0.25, 0.3) is 0 Å². The van der Waals surface area contributed by atoms with E-state index in [0.29, 0.717) is 0 Å². The van der Waals surface area contributed by atoms with Crippen LogP contribution in [-0.4, -0.2) is 41.5 Å². The van der Waals surface area contributed by atoms with Gasteiger partial charge in [0.15, 0.2) is 0 Å². The lowest BCUT2D eigenvalue weighted by molar-refractivity contribution is -0.143. The first-order valence-corrected chi connectivity index (χ1v) is 11.0. The number of carbonyl (C=O) groups is 2. The van der Waals surface area contributed by atoms with Crippen molar-refractivity contribution in [1.82, 2.24) is 15.2 Å². The highest BCUT2D eigenvalue weighted by Gasteiger charge is 2.40. The standard InChI is InChI=1S/C26H25N3O4/c1-32-25-20-11-4-5-12-22(20)33-16-21(25)28-26(31)24-19-10-3-2-8-17(19)14-23(30)29(24)15-18-9-6-7-13-27-18/h2-13,21,24-25H,14-16H2,1H3,(H,28,31). The first-order chi connectivity index (χ1) is 16.2. The average molecular weight is 444 g/mol. The molecule has 3 unspecified atom stereocenters. The van der Waals surface area contributed by atoms with Gasteiger partial charge in [0.2, 0.25) is 11.8 Å². The number of aromatic nitrogens is 1. The minimum absolute atomic E-state index is 0.104. The van der Waals surface area contributed by atoms with E-state index in [1.165, 1.54) is 0 Å². The maximum absolute atomic E-state index is 13.7. The summed E-state index contributed by atoms with van der Waals surface area (Å²) in [7, 11) is 1.62. The number of carbonyl (C=O) groups excluding carboxylic acids is 2. The fourth-order valence-electron chi connectivity index (χ4n) is 4.67. The van der Waals surface area contributed by atoms with Crippen LogP contribution in [0.2, 0.25) is 0 Å². The molecule has 0 bridgehead atoms. The second-order valence-corrected chi connectivity index (χ2v) is 8.24. The highest BCUT2D eigenvalue weighted by atomic mass is 16.5. The van der Waals surface area contributed by atoms with Crippen molar-refractivity contribution in [3.05, 3.63) is 95.3 Å². The Kier molecular flexibility index (Phi) is 5.79. The molecule has 0 fully saturated rings. The molecule has 1 N–H and O–H groups in total. The quantitative estimate of drug-likeness (QED) is 0.656. The third-order valence-corrected chi connectivity index (χ3v) is 6.22. The molecule has 7 nitrogen and oxygen atoms in total. The van der Waals surface area contributed by atoms with E-state index in [1.54, 1.807) is 18.2 Å². The van der Waals surface area contributed by atoms with Crippen LogP contribution in [0.1, 0.15) is 34.5 Å². The predicted octanol–water partition coefficient (Wildman–Crippen LogP) is 2.97. The Morgan fingerprint density at radius 2 is 1.85 bits per heavy atom. The molecule has 3 aromatic rings. The zero-order valence-electron chi connectivity index (χ0n) is 18.3. The summed E-state index contributed by atoms with van der Waals surface area (Å²) in [5, 5.41) is 3.10. The average Bonchev–Trinajstić information content (AvgIpc) is 2.85. The molecule has 0 aliphatic carbocycles. The largest absolute Gasteiger partial charge is 0.491 e. The molecule has 2 aromatic carbocycles. The van der Waals surface area contributed by atoms with Crippen molar-refractivity contribution in [3.8, 4) is 5.75 Å². The number of benzene rings is 2. The summed E-state index contributed by atoms with van der Waals surface area (Å²) in [6.45, 7) is 0.535. The van der Waals surface area contributed by atoms with E-state index >= 15 is 0 Å². The van der Waals surface area contributed by atoms with Gasteiger partial charge in [-0.3, -0.25) is 14.6 Å². The Morgan fingerprint density at radius 1 is 1.09 bits per heavy atom. The normalized spacial score (nSPS) is 21.5. The molecular weight excluding hydrogens is 418 g/mol. The first-order valence-electron chi connectivity index (χ1n) is 11.0. The SMILES string of the molecule is COC1c2ccccc2OCC1NC(=O)C1c2ccccc2CC(=O)N1Cc1ccccn1. The lowest BCUT2D eigenvalue weighted by Crippen LogP contribution is -2.52. The molecule has 7 heteroatoms. The minimum atomic E-state index is -0.765. The number of rotatable bonds is 5. The molecule has 0 radical (unpaired) electrons. The van der Waals surface area contributed by atoms with Crippen LogP contribution in [0.15, 0.2) is 72.9 Å². The van der Waals surface area contributed by atoms with E-state index < -0.39 is 12.1 Å². The Balaban J connectivity index is 1.45. The van der Waals surface area contributed by atoms with Gasteiger partial charge < -0.3 is 19.7 Å². The highest BCUT2D eigenvalue weighted by molar-refractivity contribution is 5.92. The van der Waals surface area contributed by atoms with Crippen LogP contribution in [-0.2, 0) is 27.3 Å². The Hall–Kier alpha value is -3.71. The fourth-order valence-corrected chi connectivity index (χ4v) is 4.67. The summed E-state index contributed by atoms with van der Waals surface area (Å²) in [6.07, 6.45) is 1.60. The van der Waals surface area contributed by atoms with Crippen molar-refractivity contribution in [3.63, 3.8) is 0 Å². The number of methoxy groups -OCH3 is 1. The smallest absolute Gasteiger partial charge is 0.247 e. The van der Waals surface area contributed by atoms with Gasteiger partial charge in [-0.25, -0.2) is 0 Å². The van der Waals surface area contributed by atoms with Crippen LogP contribution in [0.5, 0.6) is 5.75 Å². The summed E-state index contributed by atoms with van der Waals surface area (Å²) < 4.78 is 11.6. The van der Waals surface area contributed by atoms with Gasteiger partial charge in [0, 0.05) is 18.9 Å². The number of pyridine rings is 1. The molecule has 2 aliphatic rings. The monoisotopic (exact) mass is 443 g/mol. The van der Waals surface area contributed by atoms with Crippen molar-refractivity contribution < 1.29 is 19.1 Å². The molecule has 2 amide bonds. The molecule has 0 spiro atoms.